The molecule has 0 aliphatic heterocycles. The Morgan fingerprint density at radius 3 is 2.38 bits per heavy atom. The fourth-order valence-corrected chi connectivity index (χ4v) is 1.74. The van der Waals surface area contributed by atoms with Crippen molar-refractivity contribution in [1.82, 2.24) is 0 Å². The van der Waals surface area contributed by atoms with E-state index in [1.807, 2.05) is 0 Å². The number of hydrogen-bond acceptors (Lipinski definition) is 5. The molecule has 5 nitrogen and oxygen atoms in total. The fraction of sp³-hybridized carbons (Fsp3) is 0.125. The highest BCUT2D eigenvalue weighted by atomic mass is 16.5. The van der Waals surface area contributed by atoms with Crippen LogP contribution in [0.3, 0.4) is 0 Å². The van der Waals surface area contributed by atoms with E-state index in [1.54, 1.807) is 55.5 Å². The van der Waals surface area contributed by atoms with Crippen molar-refractivity contribution in [2.75, 3.05) is 7.11 Å². The normalized spacial score (nSPS) is 11.0. The summed E-state index contributed by atoms with van der Waals surface area (Å²) >= 11 is 0. The third-order valence-electron chi connectivity index (χ3n) is 2.94. The van der Waals surface area contributed by atoms with Gasteiger partial charge in [0, 0.05) is 0 Å². The lowest BCUT2D eigenvalue weighted by molar-refractivity contribution is 0.0734. The number of carbonyl (C=O) groups excluding carboxylic acids is 1. The number of esters is 1. The Bertz CT molecular complexity index is 662. The molecule has 0 heterocycles. The lowest BCUT2D eigenvalue weighted by Crippen LogP contribution is -2.08. The van der Waals surface area contributed by atoms with Crippen molar-refractivity contribution < 1.29 is 19.5 Å². The largest absolute Gasteiger partial charge is 0.497 e. The van der Waals surface area contributed by atoms with Crippen molar-refractivity contribution >= 4 is 11.7 Å². The zero-order valence-electron chi connectivity index (χ0n) is 11.7. The van der Waals surface area contributed by atoms with E-state index in [9.17, 15) is 4.79 Å². The molecule has 0 radical (unpaired) electrons. The maximum atomic E-state index is 12.0. The van der Waals surface area contributed by atoms with E-state index in [-0.39, 0.29) is 0 Å². The van der Waals surface area contributed by atoms with Crippen LogP contribution in [0.2, 0.25) is 0 Å². The van der Waals surface area contributed by atoms with Crippen LogP contribution < -0.4 is 9.47 Å². The molecule has 0 atom stereocenters. The van der Waals surface area contributed by atoms with Crippen molar-refractivity contribution in [2.24, 2.45) is 5.16 Å². The van der Waals surface area contributed by atoms with Gasteiger partial charge in [-0.1, -0.05) is 11.2 Å². The highest BCUT2D eigenvalue weighted by Crippen LogP contribution is 2.17. The van der Waals surface area contributed by atoms with Crippen LogP contribution in [-0.4, -0.2) is 24.0 Å². The summed E-state index contributed by atoms with van der Waals surface area (Å²) in [7, 11) is 1.54. The zero-order valence-corrected chi connectivity index (χ0v) is 11.7. The maximum Gasteiger partial charge on any atom is 0.343 e. The molecule has 0 saturated carbocycles. The van der Waals surface area contributed by atoms with Gasteiger partial charge >= 0.3 is 5.97 Å². The average Bonchev–Trinajstić information content (AvgIpc) is 2.54. The molecule has 0 aliphatic rings. The second-order valence-electron chi connectivity index (χ2n) is 4.33. The molecule has 0 spiro atoms. The van der Waals surface area contributed by atoms with Crippen molar-refractivity contribution in [1.29, 1.82) is 0 Å². The van der Waals surface area contributed by atoms with Gasteiger partial charge in [-0.3, -0.25) is 0 Å². The smallest absolute Gasteiger partial charge is 0.343 e. The topological polar surface area (TPSA) is 68.1 Å². The third-order valence-corrected chi connectivity index (χ3v) is 2.94. The van der Waals surface area contributed by atoms with E-state index in [2.05, 4.69) is 5.16 Å². The zero-order chi connectivity index (χ0) is 15.2. The number of methoxy groups -OCH3 is 1. The highest BCUT2D eigenvalue weighted by molar-refractivity contribution is 5.98. The van der Waals surface area contributed by atoms with E-state index in [4.69, 9.17) is 14.7 Å². The Balaban J connectivity index is 2.12. The van der Waals surface area contributed by atoms with Gasteiger partial charge in [-0.15, -0.1) is 0 Å². The Kier molecular flexibility index (Phi) is 4.56. The Labute approximate surface area is 122 Å². The Hall–Kier alpha value is -2.82. The summed E-state index contributed by atoms with van der Waals surface area (Å²) < 4.78 is 10.3. The molecule has 2 aromatic carbocycles. The molecular weight excluding hydrogens is 270 g/mol. The first-order valence-corrected chi connectivity index (χ1v) is 6.29. The van der Waals surface area contributed by atoms with Gasteiger partial charge in [0.1, 0.15) is 11.5 Å². The summed E-state index contributed by atoms with van der Waals surface area (Å²) in [6.45, 7) is 1.68. The highest BCUT2D eigenvalue weighted by Gasteiger charge is 2.09. The molecule has 0 unspecified atom stereocenters. The molecule has 108 valence electrons. The van der Waals surface area contributed by atoms with Crippen LogP contribution in [0, 0.1) is 0 Å². The molecule has 0 fully saturated rings. The van der Waals surface area contributed by atoms with Crippen LogP contribution in [-0.2, 0) is 0 Å². The van der Waals surface area contributed by atoms with E-state index in [1.165, 1.54) is 7.11 Å². The Morgan fingerprint density at radius 1 is 1.05 bits per heavy atom. The molecule has 0 bridgehead atoms. The second-order valence-corrected chi connectivity index (χ2v) is 4.33. The molecular formula is C16H15NO4. The van der Waals surface area contributed by atoms with Crippen LogP contribution in [0.15, 0.2) is 53.7 Å². The molecule has 21 heavy (non-hydrogen) atoms. The number of rotatable bonds is 4. The van der Waals surface area contributed by atoms with Crippen LogP contribution in [0.1, 0.15) is 22.8 Å². The molecule has 1 N–H and O–H groups in total. The Morgan fingerprint density at radius 2 is 1.76 bits per heavy atom. The molecule has 5 heteroatoms. The quantitative estimate of drug-likeness (QED) is 0.308. The number of benzene rings is 2. The van der Waals surface area contributed by atoms with E-state index >= 15 is 0 Å². The standard InChI is InChI=1S/C16H15NO4/c1-11(17-19)12-6-8-14(9-7-12)21-16(18)13-4-3-5-15(10-13)20-2/h3-10,19H,1-2H3/b17-11-. The minimum Gasteiger partial charge on any atom is -0.497 e. The lowest BCUT2D eigenvalue weighted by atomic mass is 10.1. The maximum absolute atomic E-state index is 12.0. The first-order chi connectivity index (χ1) is 10.1. The summed E-state index contributed by atoms with van der Waals surface area (Å²) in [5.41, 5.74) is 1.64. The number of nitrogens with zero attached hydrogens (tertiary/aromatic N) is 1. The molecule has 0 aliphatic carbocycles. The predicted octanol–water partition coefficient (Wildman–Crippen LogP) is 3.11. The number of oxime groups is 1. The van der Waals surface area contributed by atoms with Crippen molar-refractivity contribution in [2.45, 2.75) is 6.92 Å². The first-order valence-electron chi connectivity index (χ1n) is 6.29. The molecule has 2 aromatic rings. The first kappa shape index (κ1) is 14.6. The van der Waals surface area contributed by atoms with Crippen LogP contribution in [0.25, 0.3) is 0 Å². The van der Waals surface area contributed by atoms with Crippen LogP contribution >= 0.6 is 0 Å². The summed E-state index contributed by atoms with van der Waals surface area (Å²) in [4.78, 5) is 12.0. The SMILES string of the molecule is COc1cccc(C(=O)Oc2ccc(/C(C)=N\O)cc2)c1. The van der Waals surface area contributed by atoms with Crippen molar-refractivity contribution in [3.63, 3.8) is 0 Å². The van der Waals surface area contributed by atoms with Gasteiger partial charge in [0.25, 0.3) is 0 Å². The van der Waals surface area contributed by atoms with Gasteiger partial charge in [-0.2, -0.15) is 0 Å². The third kappa shape index (κ3) is 3.60. The molecule has 0 saturated heterocycles. The summed E-state index contributed by atoms with van der Waals surface area (Å²) in [5, 5.41) is 11.8. The monoisotopic (exact) mass is 285 g/mol. The van der Waals surface area contributed by atoms with Gasteiger partial charge < -0.3 is 14.7 Å². The molecule has 2 rings (SSSR count). The number of carbonyl (C=O) groups is 1. The van der Waals surface area contributed by atoms with Crippen molar-refractivity contribution in [3.8, 4) is 11.5 Å². The van der Waals surface area contributed by atoms with Gasteiger partial charge in [-0.05, 0) is 55.0 Å². The number of ether oxygens (including phenoxy) is 2. The van der Waals surface area contributed by atoms with Crippen LogP contribution in [0.5, 0.6) is 11.5 Å². The van der Waals surface area contributed by atoms with Gasteiger partial charge in [0.15, 0.2) is 0 Å². The van der Waals surface area contributed by atoms with E-state index in [0.29, 0.717) is 22.8 Å². The summed E-state index contributed by atoms with van der Waals surface area (Å²) in [6, 6.07) is 13.4. The number of hydrogen-bond donors (Lipinski definition) is 1. The van der Waals surface area contributed by atoms with Crippen molar-refractivity contribution in [3.05, 3.63) is 59.7 Å². The minimum atomic E-state index is -0.464. The predicted molar refractivity (Wildman–Crippen MR) is 78.4 cm³/mol. The summed E-state index contributed by atoms with van der Waals surface area (Å²) in [5.74, 6) is 0.543. The lowest BCUT2D eigenvalue weighted by Gasteiger charge is -2.06. The second kappa shape index (κ2) is 6.56. The van der Waals surface area contributed by atoms with Gasteiger partial charge in [-0.25, -0.2) is 4.79 Å². The van der Waals surface area contributed by atoms with Gasteiger partial charge in [0.2, 0.25) is 0 Å². The average molecular weight is 285 g/mol. The fourth-order valence-electron chi connectivity index (χ4n) is 1.74. The molecule has 0 aromatic heterocycles. The minimum absolute atomic E-state index is 0.409. The van der Waals surface area contributed by atoms with Gasteiger partial charge in [0.05, 0.1) is 18.4 Å². The summed E-state index contributed by atoms with van der Waals surface area (Å²) in [6.07, 6.45) is 0. The molecule has 0 amide bonds. The van der Waals surface area contributed by atoms with Crippen LogP contribution in [0.4, 0.5) is 0 Å². The van der Waals surface area contributed by atoms with E-state index in [0.717, 1.165) is 5.56 Å². The van der Waals surface area contributed by atoms with E-state index < -0.39 is 5.97 Å².